The first kappa shape index (κ1) is 16.4. The maximum Gasteiger partial charge on any atom is 0.234 e. The van der Waals surface area contributed by atoms with Crippen molar-refractivity contribution in [3.8, 4) is 11.4 Å². The lowest BCUT2D eigenvalue weighted by Gasteiger charge is -2.09. The summed E-state index contributed by atoms with van der Waals surface area (Å²) in [7, 11) is 0. The van der Waals surface area contributed by atoms with E-state index >= 15 is 0 Å². The van der Waals surface area contributed by atoms with E-state index in [2.05, 4.69) is 74.2 Å². The maximum absolute atomic E-state index is 5.50. The Kier molecular flexibility index (Phi) is 4.79. The Hall–Kier alpha value is -2.42. The van der Waals surface area contributed by atoms with Gasteiger partial charge in [0.1, 0.15) is 0 Å². The van der Waals surface area contributed by atoms with Crippen molar-refractivity contribution in [2.45, 2.75) is 40.0 Å². The number of rotatable bonds is 5. The van der Waals surface area contributed by atoms with Gasteiger partial charge in [-0.25, -0.2) is 0 Å². The van der Waals surface area contributed by atoms with Crippen LogP contribution in [-0.2, 0) is 6.42 Å². The highest BCUT2D eigenvalue weighted by atomic mass is 16.5. The quantitative estimate of drug-likeness (QED) is 0.632. The van der Waals surface area contributed by atoms with E-state index < -0.39 is 0 Å². The molecule has 0 aliphatic heterocycles. The van der Waals surface area contributed by atoms with Crippen LogP contribution in [0.1, 0.15) is 49.3 Å². The molecule has 3 rings (SSSR count). The van der Waals surface area contributed by atoms with Crippen LogP contribution in [0.3, 0.4) is 0 Å². The summed E-state index contributed by atoms with van der Waals surface area (Å²) in [5.41, 5.74) is 4.76. The Bertz CT molecular complexity index is 785. The van der Waals surface area contributed by atoms with Crippen molar-refractivity contribution in [3.05, 3.63) is 71.1 Å². The van der Waals surface area contributed by atoms with E-state index in [1.165, 1.54) is 16.7 Å². The van der Waals surface area contributed by atoms with Gasteiger partial charge in [-0.15, -0.1) is 0 Å². The van der Waals surface area contributed by atoms with Crippen molar-refractivity contribution in [3.63, 3.8) is 0 Å². The second kappa shape index (κ2) is 7.00. The van der Waals surface area contributed by atoms with Gasteiger partial charge in [0.2, 0.25) is 11.7 Å². The monoisotopic (exact) mass is 320 g/mol. The second-order valence-electron chi connectivity index (χ2n) is 6.88. The highest BCUT2D eigenvalue weighted by Gasteiger charge is 2.17. The zero-order valence-corrected chi connectivity index (χ0v) is 14.8. The molecule has 0 aliphatic rings. The van der Waals surface area contributed by atoms with Crippen molar-refractivity contribution in [2.75, 3.05) is 0 Å². The number of benzene rings is 2. The van der Waals surface area contributed by atoms with E-state index in [9.17, 15) is 0 Å². The minimum atomic E-state index is 0.0878. The maximum atomic E-state index is 5.50. The van der Waals surface area contributed by atoms with Crippen LogP contribution < -0.4 is 0 Å². The molecule has 0 radical (unpaired) electrons. The van der Waals surface area contributed by atoms with Gasteiger partial charge < -0.3 is 4.52 Å². The Labute approximate surface area is 143 Å². The third kappa shape index (κ3) is 3.73. The van der Waals surface area contributed by atoms with Gasteiger partial charge in [0.25, 0.3) is 0 Å². The van der Waals surface area contributed by atoms with Crippen LogP contribution in [0.15, 0.2) is 53.1 Å². The summed E-state index contributed by atoms with van der Waals surface area (Å²) in [6.45, 7) is 8.64. The molecule has 3 nitrogen and oxygen atoms in total. The summed E-state index contributed by atoms with van der Waals surface area (Å²) in [6.07, 6.45) is 1.10. The standard InChI is InChI=1S/C21H24N2O/c1-14(2)13-17-7-11-18(12-8-17)16(4)21-22-20(23-24-21)19-9-5-15(3)6-10-19/h5-12,14,16H,13H2,1-4H3/t16-/m0/s1. The molecule has 0 aliphatic carbocycles. The van der Waals surface area contributed by atoms with E-state index in [0.29, 0.717) is 17.6 Å². The minimum Gasteiger partial charge on any atom is -0.338 e. The third-order valence-electron chi connectivity index (χ3n) is 4.25. The van der Waals surface area contributed by atoms with Crippen LogP contribution in [0.5, 0.6) is 0 Å². The van der Waals surface area contributed by atoms with Crippen LogP contribution in [0.25, 0.3) is 11.4 Å². The Morgan fingerprint density at radius 2 is 1.58 bits per heavy atom. The number of aromatic nitrogens is 2. The molecule has 3 aromatic rings. The molecule has 24 heavy (non-hydrogen) atoms. The lowest BCUT2D eigenvalue weighted by Crippen LogP contribution is -1.98. The summed E-state index contributed by atoms with van der Waals surface area (Å²) in [5.74, 6) is 2.06. The number of hydrogen-bond acceptors (Lipinski definition) is 3. The van der Waals surface area contributed by atoms with E-state index in [1.54, 1.807) is 0 Å². The first-order valence-corrected chi connectivity index (χ1v) is 8.52. The minimum absolute atomic E-state index is 0.0878. The summed E-state index contributed by atoms with van der Waals surface area (Å²) < 4.78 is 5.50. The van der Waals surface area contributed by atoms with Gasteiger partial charge in [-0.05, 0) is 37.3 Å². The predicted molar refractivity (Wildman–Crippen MR) is 97.0 cm³/mol. The smallest absolute Gasteiger partial charge is 0.234 e. The Balaban J connectivity index is 1.78. The van der Waals surface area contributed by atoms with Gasteiger partial charge >= 0.3 is 0 Å². The number of aryl methyl sites for hydroxylation is 1. The van der Waals surface area contributed by atoms with Gasteiger partial charge in [-0.2, -0.15) is 4.98 Å². The lowest BCUT2D eigenvalue weighted by molar-refractivity contribution is 0.371. The molecular weight excluding hydrogens is 296 g/mol. The number of hydrogen-bond donors (Lipinski definition) is 0. The van der Waals surface area contributed by atoms with Crippen LogP contribution in [0, 0.1) is 12.8 Å². The van der Waals surface area contributed by atoms with Crippen molar-refractivity contribution in [1.29, 1.82) is 0 Å². The fourth-order valence-electron chi connectivity index (χ4n) is 2.79. The van der Waals surface area contributed by atoms with Crippen LogP contribution in [0.4, 0.5) is 0 Å². The van der Waals surface area contributed by atoms with Crippen molar-refractivity contribution >= 4 is 0 Å². The first-order valence-electron chi connectivity index (χ1n) is 8.52. The molecule has 1 atom stereocenters. The van der Waals surface area contributed by atoms with Crippen LogP contribution >= 0.6 is 0 Å². The molecule has 0 saturated carbocycles. The molecule has 124 valence electrons. The SMILES string of the molecule is Cc1ccc(-c2noc([C@@H](C)c3ccc(CC(C)C)cc3)n2)cc1. The molecule has 1 heterocycles. The van der Waals surface area contributed by atoms with E-state index in [0.717, 1.165) is 12.0 Å². The molecule has 0 spiro atoms. The normalized spacial score (nSPS) is 12.5. The average molecular weight is 320 g/mol. The summed E-state index contributed by atoms with van der Waals surface area (Å²) in [6, 6.07) is 16.9. The molecule has 1 aromatic heterocycles. The van der Waals surface area contributed by atoms with Gasteiger partial charge in [-0.1, -0.05) is 73.1 Å². The van der Waals surface area contributed by atoms with Crippen molar-refractivity contribution < 1.29 is 4.52 Å². The summed E-state index contributed by atoms with van der Waals surface area (Å²) in [4.78, 5) is 4.58. The number of nitrogens with zero attached hydrogens (tertiary/aromatic N) is 2. The van der Waals surface area contributed by atoms with Crippen LogP contribution in [-0.4, -0.2) is 10.1 Å². The first-order chi connectivity index (χ1) is 11.5. The zero-order chi connectivity index (χ0) is 17.1. The van der Waals surface area contributed by atoms with E-state index in [-0.39, 0.29) is 5.92 Å². The largest absolute Gasteiger partial charge is 0.338 e. The van der Waals surface area contributed by atoms with Gasteiger partial charge in [-0.3, -0.25) is 0 Å². The van der Waals surface area contributed by atoms with E-state index in [4.69, 9.17) is 4.52 Å². The molecule has 0 unspecified atom stereocenters. The molecule has 3 heteroatoms. The average Bonchev–Trinajstić information content (AvgIpc) is 3.05. The molecular formula is C21H24N2O. The zero-order valence-electron chi connectivity index (χ0n) is 14.8. The third-order valence-corrected chi connectivity index (χ3v) is 4.25. The summed E-state index contributed by atoms with van der Waals surface area (Å²) >= 11 is 0. The fraction of sp³-hybridized carbons (Fsp3) is 0.333. The second-order valence-corrected chi connectivity index (χ2v) is 6.88. The van der Waals surface area contributed by atoms with Gasteiger partial charge in [0.15, 0.2) is 0 Å². The highest BCUT2D eigenvalue weighted by Crippen LogP contribution is 2.26. The molecule has 0 bridgehead atoms. The Morgan fingerprint density at radius 1 is 0.917 bits per heavy atom. The lowest BCUT2D eigenvalue weighted by atomic mass is 9.97. The molecule has 2 aromatic carbocycles. The molecule has 0 amide bonds. The fourth-order valence-corrected chi connectivity index (χ4v) is 2.79. The van der Waals surface area contributed by atoms with Crippen LogP contribution in [0.2, 0.25) is 0 Å². The molecule has 0 N–H and O–H groups in total. The summed E-state index contributed by atoms with van der Waals surface area (Å²) in [5, 5.41) is 4.13. The van der Waals surface area contributed by atoms with Gasteiger partial charge in [0.05, 0.1) is 5.92 Å². The molecule has 0 saturated heterocycles. The van der Waals surface area contributed by atoms with Crippen molar-refractivity contribution in [1.82, 2.24) is 10.1 Å². The topological polar surface area (TPSA) is 38.9 Å². The molecule has 0 fully saturated rings. The Morgan fingerprint density at radius 3 is 2.21 bits per heavy atom. The predicted octanol–water partition coefficient (Wildman–Crippen LogP) is 5.40. The van der Waals surface area contributed by atoms with E-state index in [1.807, 2.05) is 12.1 Å². The van der Waals surface area contributed by atoms with Gasteiger partial charge in [0, 0.05) is 5.56 Å². The van der Waals surface area contributed by atoms with Crippen molar-refractivity contribution in [2.24, 2.45) is 5.92 Å². The highest BCUT2D eigenvalue weighted by molar-refractivity contribution is 5.54.